The SMILES string of the molecule is O=C(NC1CC1)c1ccc(NC(=O)[C@@H]2CCCN2C(=O)C23CC4CC(CC(C4)C2)C3)cc1. The first-order chi connectivity index (χ1) is 15.5. The van der Waals surface area contributed by atoms with Crippen molar-refractivity contribution in [2.45, 2.75) is 76.3 Å². The van der Waals surface area contributed by atoms with Gasteiger partial charge in [0.2, 0.25) is 11.8 Å². The minimum absolute atomic E-state index is 0.0616. The molecule has 1 saturated heterocycles. The van der Waals surface area contributed by atoms with Crippen LogP contribution < -0.4 is 10.6 Å². The molecule has 0 radical (unpaired) electrons. The van der Waals surface area contributed by atoms with E-state index in [4.69, 9.17) is 0 Å². The van der Waals surface area contributed by atoms with Gasteiger partial charge in [-0.2, -0.15) is 0 Å². The number of hydrogen-bond donors (Lipinski definition) is 2. The number of amides is 3. The molecule has 4 bridgehead atoms. The van der Waals surface area contributed by atoms with Crippen molar-refractivity contribution >= 4 is 23.4 Å². The first-order valence-corrected chi connectivity index (χ1v) is 12.5. The van der Waals surface area contributed by atoms with Crippen molar-refractivity contribution in [3.8, 4) is 0 Å². The van der Waals surface area contributed by atoms with E-state index in [1.807, 2.05) is 4.90 Å². The summed E-state index contributed by atoms with van der Waals surface area (Å²) in [5.41, 5.74) is 1.08. The van der Waals surface area contributed by atoms with Gasteiger partial charge in [0, 0.05) is 23.8 Å². The molecule has 5 saturated carbocycles. The van der Waals surface area contributed by atoms with Crippen molar-refractivity contribution in [2.24, 2.45) is 23.2 Å². The van der Waals surface area contributed by atoms with Crippen LogP contribution in [-0.4, -0.2) is 41.2 Å². The summed E-state index contributed by atoms with van der Waals surface area (Å²) in [6.07, 6.45) is 10.8. The van der Waals surface area contributed by atoms with Crippen molar-refractivity contribution < 1.29 is 14.4 Å². The zero-order valence-electron chi connectivity index (χ0n) is 18.6. The third kappa shape index (κ3) is 3.61. The second-order valence-electron chi connectivity index (χ2n) is 11.2. The third-order valence-corrected chi connectivity index (χ3v) is 8.64. The highest BCUT2D eigenvalue weighted by atomic mass is 16.2. The molecule has 1 atom stereocenters. The Morgan fingerprint density at radius 1 is 0.875 bits per heavy atom. The Balaban J connectivity index is 1.12. The van der Waals surface area contributed by atoms with Crippen LogP contribution in [0.3, 0.4) is 0 Å². The Labute approximate surface area is 189 Å². The van der Waals surface area contributed by atoms with Crippen molar-refractivity contribution in [2.75, 3.05) is 11.9 Å². The molecule has 3 amide bonds. The topological polar surface area (TPSA) is 78.5 Å². The zero-order chi connectivity index (χ0) is 21.9. The summed E-state index contributed by atoms with van der Waals surface area (Å²) >= 11 is 0. The first kappa shape index (κ1) is 20.3. The summed E-state index contributed by atoms with van der Waals surface area (Å²) in [6, 6.07) is 7.00. The highest BCUT2D eigenvalue weighted by molar-refractivity contribution is 5.99. The maximum absolute atomic E-state index is 13.8. The van der Waals surface area contributed by atoms with Gasteiger partial charge in [-0.3, -0.25) is 14.4 Å². The summed E-state index contributed by atoms with van der Waals surface area (Å²) in [4.78, 5) is 41.0. The average Bonchev–Trinajstić information content (AvgIpc) is 3.44. The molecule has 0 unspecified atom stereocenters. The molecule has 32 heavy (non-hydrogen) atoms. The molecule has 5 aliphatic carbocycles. The molecule has 170 valence electrons. The van der Waals surface area contributed by atoms with Crippen LogP contribution in [0.5, 0.6) is 0 Å². The fourth-order valence-corrected chi connectivity index (χ4v) is 7.39. The van der Waals surface area contributed by atoms with Gasteiger partial charge in [0.25, 0.3) is 5.91 Å². The number of hydrogen-bond acceptors (Lipinski definition) is 3. The van der Waals surface area contributed by atoms with Crippen molar-refractivity contribution in [1.82, 2.24) is 10.2 Å². The Kier molecular flexibility index (Phi) is 4.81. The van der Waals surface area contributed by atoms with E-state index in [1.54, 1.807) is 24.3 Å². The molecule has 1 aliphatic heterocycles. The van der Waals surface area contributed by atoms with Crippen LogP contribution in [0.15, 0.2) is 24.3 Å². The van der Waals surface area contributed by atoms with Gasteiger partial charge in [0.15, 0.2) is 0 Å². The second-order valence-corrected chi connectivity index (χ2v) is 11.2. The molecule has 6 nitrogen and oxygen atoms in total. The lowest BCUT2D eigenvalue weighted by Crippen LogP contribution is -2.56. The maximum atomic E-state index is 13.8. The first-order valence-electron chi connectivity index (χ1n) is 12.5. The molecule has 2 N–H and O–H groups in total. The Hall–Kier alpha value is -2.37. The lowest BCUT2D eigenvalue weighted by molar-refractivity contribution is -0.160. The van der Waals surface area contributed by atoms with Crippen molar-refractivity contribution in [1.29, 1.82) is 0 Å². The molecule has 1 aromatic carbocycles. The van der Waals surface area contributed by atoms with Crippen LogP contribution in [-0.2, 0) is 9.59 Å². The number of carbonyl (C=O) groups excluding carboxylic acids is 3. The van der Waals surface area contributed by atoms with E-state index in [2.05, 4.69) is 10.6 Å². The highest BCUT2D eigenvalue weighted by Gasteiger charge is 2.56. The fraction of sp³-hybridized carbons (Fsp3) is 0.654. The van der Waals surface area contributed by atoms with Crippen LogP contribution in [0.25, 0.3) is 0 Å². The summed E-state index contributed by atoms with van der Waals surface area (Å²) in [6.45, 7) is 0.693. The second kappa shape index (κ2) is 7.60. The number of benzene rings is 1. The Morgan fingerprint density at radius 3 is 2.09 bits per heavy atom. The predicted molar refractivity (Wildman–Crippen MR) is 121 cm³/mol. The molecule has 7 rings (SSSR count). The Morgan fingerprint density at radius 2 is 1.50 bits per heavy atom. The molecule has 6 aliphatic rings. The van der Waals surface area contributed by atoms with E-state index in [-0.39, 0.29) is 29.2 Å². The lowest BCUT2D eigenvalue weighted by Gasteiger charge is -2.56. The molecule has 0 spiro atoms. The van der Waals surface area contributed by atoms with E-state index >= 15 is 0 Å². The summed E-state index contributed by atoms with van der Waals surface area (Å²) in [5, 5.41) is 5.97. The minimum Gasteiger partial charge on any atom is -0.349 e. The average molecular weight is 436 g/mol. The molecule has 6 heteroatoms. The summed E-state index contributed by atoms with van der Waals surface area (Å²) in [5.74, 6) is 2.24. The van der Waals surface area contributed by atoms with E-state index in [0.29, 0.717) is 23.8 Å². The van der Waals surface area contributed by atoms with Crippen LogP contribution in [0, 0.1) is 23.2 Å². The molecule has 1 heterocycles. The quantitative estimate of drug-likeness (QED) is 0.740. The van der Waals surface area contributed by atoms with Crippen LogP contribution >= 0.6 is 0 Å². The highest BCUT2D eigenvalue weighted by Crippen LogP contribution is 2.60. The van der Waals surface area contributed by atoms with Gasteiger partial charge in [0.1, 0.15) is 6.04 Å². The summed E-state index contributed by atoms with van der Waals surface area (Å²) in [7, 11) is 0. The monoisotopic (exact) mass is 435 g/mol. The van der Waals surface area contributed by atoms with Gasteiger partial charge in [-0.15, -0.1) is 0 Å². The third-order valence-electron chi connectivity index (χ3n) is 8.64. The number of likely N-dealkylation sites (tertiary alicyclic amines) is 1. The van der Waals surface area contributed by atoms with E-state index in [1.165, 1.54) is 19.3 Å². The Bertz CT molecular complexity index is 901. The standard InChI is InChI=1S/C26H33N3O3/c30-23(27-21-7-8-21)19-3-5-20(6-4-19)28-24(31)22-2-1-9-29(22)25(32)26-13-16-10-17(14-26)12-18(11-16)15-26/h3-6,16-18,21-22H,1-2,7-15H2,(H,27,30)(H,28,31)/t16?,17?,18?,22-,26?/m0/s1. The van der Waals surface area contributed by atoms with Gasteiger partial charge < -0.3 is 15.5 Å². The number of anilines is 1. The minimum atomic E-state index is -0.381. The van der Waals surface area contributed by atoms with Crippen LogP contribution in [0.4, 0.5) is 5.69 Å². The zero-order valence-corrected chi connectivity index (χ0v) is 18.6. The maximum Gasteiger partial charge on any atom is 0.251 e. The van der Waals surface area contributed by atoms with Gasteiger partial charge in [-0.1, -0.05) is 0 Å². The van der Waals surface area contributed by atoms with Crippen molar-refractivity contribution in [3.05, 3.63) is 29.8 Å². The molecular weight excluding hydrogens is 402 g/mol. The number of nitrogens with zero attached hydrogens (tertiary/aromatic N) is 1. The fourth-order valence-electron chi connectivity index (χ4n) is 7.39. The van der Waals surface area contributed by atoms with Gasteiger partial charge in [-0.05, 0) is 106 Å². The van der Waals surface area contributed by atoms with Crippen molar-refractivity contribution in [3.63, 3.8) is 0 Å². The largest absolute Gasteiger partial charge is 0.349 e. The van der Waals surface area contributed by atoms with E-state index in [9.17, 15) is 14.4 Å². The normalized spacial score (nSPS) is 35.1. The molecule has 0 aromatic heterocycles. The van der Waals surface area contributed by atoms with Crippen LogP contribution in [0.1, 0.15) is 74.6 Å². The smallest absolute Gasteiger partial charge is 0.251 e. The molecule has 6 fully saturated rings. The number of nitrogens with one attached hydrogen (secondary N) is 2. The lowest BCUT2D eigenvalue weighted by atomic mass is 9.49. The molecular formula is C26H33N3O3. The van der Waals surface area contributed by atoms with Gasteiger partial charge >= 0.3 is 0 Å². The van der Waals surface area contributed by atoms with E-state index < -0.39 is 0 Å². The van der Waals surface area contributed by atoms with Crippen LogP contribution in [0.2, 0.25) is 0 Å². The predicted octanol–water partition coefficient (Wildman–Crippen LogP) is 3.72. The van der Waals surface area contributed by atoms with Gasteiger partial charge in [-0.25, -0.2) is 0 Å². The van der Waals surface area contributed by atoms with Gasteiger partial charge in [0.05, 0.1) is 5.41 Å². The molecule has 1 aromatic rings. The van der Waals surface area contributed by atoms with E-state index in [0.717, 1.165) is 62.7 Å². The summed E-state index contributed by atoms with van der Waals surface area (Å²) < 4.78 is 0. The number of rotatable bonds is 5. The number of carbonyl (C=O) groups is 3.